The van der Waals surface area contributed by atoms with Gasteiger partial charge in [-0.1, -0.05) is 140 Å². The minimum atomic E-state index is 0.219. The quantitative estimate of drug-likeness (QED) is 0.138. The summed E-state index contributed by atoms with van der Waals surface area (Å²) in [7, 11) is 0. The summed E-state index contributed by atoms with van der Waals surface area (Å²) in [6, 6.07) is 22.4. The predicted molar refractivity (Wildman–Crippen MR) is 193 cm³/mol. The van der Waals surface area contributed by atoms with Gasteiger partial charge in [0.15, 0.2) is 0 Å². The lowest BCUT2D eigenvalue weighted by molar-refractivity contribution is 0.337. The standard InChI is InChI=1S/C39H47Br2N3/c1-3-5-7-9-11-16-22-43-35-27-33(41)29(24-28-18-14-13-15-19-28)25-32(35)36-37-38(31-26-30(40)20-21-34(31)42-37)44(39(36)43)23-17-12-10-8-6-4-2/h13-15,18-21,25-27,39H,3-12,16-17,22-24H2,1-2H3. The van der Waals surface area contributed by atoms with Crippen molar-refractivity contribution in [1.82, 2.24) is 4.90 Å². The van der Waals surface area contributed by atoms with Crippen LogP contribution in [0.5, 0.6) is 0 Å². The smallest absolute Gasteiger partial charge is 0.131 e. The summed E-state index contributed by atoms with van der Waals surface area (Å²) in [5, 5.41) is 2.39. The Morgan fingerprint density at radius 1 is 0.705 bits per heavy atom. The third kappa shape index (κ3) is 6.60. The molecule has 44 heavy (non-hydrogen) atoms. The zero-order valence-electron chi connectivity index (χ0n) is 26.6. The molecule has 0 saturated carbocycles. The molecule has 0 bridgehead atoms. The molecule has 0 amide bonds. The fraction of sp³-hybridized carbons (Fsp3) is 0.462. The molecule has 0 N–H and O–H groups in total. The lowest BCUT2D eigenvalue weighted by Crippen LogP contribution is -2.45. The lowest BCUT2D eigenvalue weighted by atomic mass is 9.98. The Morgan fingerprint density at radius 3 is 2.07 bits per heavy atom. The van der Waals surface area contributed by atoms with Gasteiger partial charge in [-0.25, -0.2) is 4.99 Å². The molecule has 3 heterocycles. The van der Waals surface area contributed by atoms with Gasteiger partial charge in [0.25, 0.3) is 0 Å². The molecular weight excluding hydrogens is 670 g/mol. The number of hydrogen-bond acceptors (Lipinski definition) is 3. The minimum absolute atomic E-state index is 0.219. The summed E-state index contributed by atoms with van der Waals surface area (Å²) in [4.78, 5) is 10.8. The van der Waals surface area contributed by atoms with E-state index in [2.05, 4.69) is 116 Å². The molecule has 1 atom stereocenters. The molecule has 0 fully saturated rings. The number of nitrogens with zero attached hydrogens (tertiary/aromatic N) is 3. The molecular formula is C39H47Br2N3. The topological polar surface area (TPSA) is 18.8 Å². The molecule has 0 saturated heterocycles. The SMILES string of the molecule is CCCCCCCCN1C2=c3cc(Br)ccc3=NC2=C2c3cc(Cc4ccccc4)c(Br)cc3N(CCCCCCCC)C21. The Kier molecular flexibility index (Phi) is 10.6. The van der Waals surface area contributed by atoms with Crippen molar-refractivity contribution in [3.05, 3.63) is 103 Å². The van der Waals surface area contributed by atoms with Crippen LogP contribution in [0.15, 0.2) is 80.3 Å². The lowest BCUT2D eigenvalue weighted by Gasteiger charge is -2.36. The fourth-order valence-corrected chi connectivity index (χ4v) is 8.14. The van der Waals surface area contributed by atoms with Crippen LogP contribution in [0, 0.1) is 0 Å². The number of benzene rings is 3. The maximum absolute atomic E-state index is 5.36. The van der Waals surface area contributed by atoms with Crippen LogP contribution in [0.3, 0.4) is 0 Å². The first-order valence-electron chi connectivity index (χ1n) is 17.1. The second-order valence-electron chi connectivity index (χ2n) is 12.8. The number of rotatable bonds is 16. The largest absolute Gasteiger partial charge is 0.347 e. The number of unbranched alkanes of at least 4 members (excludes halogenated alkanes) is 10. The molecule has 1 unspecified atom stereocenters. The highest BCUT2D eigenvalue weighted by molar-refractivity contribution is 9.10. The molecule has 3 aliphatic heterocycles. The van der Waals surface area contributed by atoms with Crippen LogP contribution in [0.4, 0.5) is 5.69 Å². The summed E-state index contributed by atoms with van der Waals surface area (Å²) in [5.41, 5.74) is 9.40. The van der Waals surface area contributed by atoms with Crippen molar-refractivity contribution in [2.24, 2.45) is 4.99 Å². The Morgan fingerprint density at radius 2 is 1.36 bits per heavy atom. The van der Waals surface area contributed by atoms with E-state index in [4.69, 9.17) is 4.99 Å². The normalized spacial score (nSPS) is 16.4. The monoisotopic (exact) mass is 715 g/mol. The van der Waals surface area contributed by atoms with E-state index in [-0.39, 0.29) is 6.17 Å². The van der Waals surface area contributed by atoms with Crippen molar-refractivity contribution in [3.8, 4) is 0 Å². The second-order valence-corrected chi connectivity index (χ2v) is 14.6. The highest BCUT2D eigenvalue weighted by Gasteiger charge is 2.47. The molecule has 232 valence electrons. The maximum atomic E-state index is 5.36. The molecule has 0 radical (unpaired) electrons. The van der Waals surface area contributed by atoms with Crippen LogP contribution in [0.1, 0.15) is 108 Å². The first kappa shape index (κ1) is 31.6. The molecule has 3 nitrogen and oxygen atoms in total. The summed E-state index contributed by atoms with van der Waals surface area (Å²) in [6.45, 7) is 6.75. The van der Waals surface area contributed by atoms with Crippen molar-refractivity contribution < 1.29 is 0 Å². The van der Waals surface area contributed by atoms with Gasteiger partial charge in [0.2, 0.25) is 0 Å². The Bertz CT molecular complexity index is 1610. The van der Waals surface area contributed by atoms with Gasteiger partial charge in [0, 0.05) is 44.1 Å². The van der Waals surface area contributed by atoms with Crippen molar-refractivity contribution in [2.45, 2.75) is 103 Å². The van der Waals surface area contributed by atoms with Gasteiger partial charge in [-0.2, -0.15) is 0 Å². The minimum Gasteiger partial charge on any atom is -0.347 e. The van der Waals surface area contributed by atoms with Crippen LogP contribution in [-0.2, 0) is 6.42 Å². The van der Waals surface area contributed by atoms with Crippen LogP contribution in [0.25, 0.3) is 11.3 Å². The van der Waals surface area contributed by atoms with Gasteiger partial charge in [-0.05, 0) is 60.7 Å². The first-order chi connectivity index (χ1) is 21.6. The van der Waals surface area contributed by atoms with E-state index < -0.39 is 0 Å². The highest BCUT2D eigenvalue weighted by atomic mass is 79.9. The predicted octanol–water partition coefficient (Wildman–Crippen LogP) is 10.1. The average molecular weight is 718 g/mol. The van der Waals surface area contributed by atoms with E-state index in [1.54, 1.807) is 0 Å². The van der Waals surface area contributed by atoms with Gasteiger partial charge in [-0.15, -0.1) is 0 Å². The average Bonchev–Trinajstić information content (AvgIpc) is 3.64. The van der Waals surface area contributed by atoms with Crippen molar-refractivity contribution in [1.29, 1.82) is 0 Å². The summed E-state index contributed by atoms with van der Waals surface area (Å²) in [6.07, 6.45) is 16.8. The third-order valence-electron chi connectivity index (χ3n) is 9.57. The van der Waals surface area contributed by atoms with Crippen molar-refractivity contribution in [2.75, 3.05) is 18.0 Å². The number of halogens is 2. The van der Waals surface area contributed by atoms with Crippen LogP contribution in [0.2, 0.25) is 0 Å². The molecule has 3 aromatic carbocycles. The van der Waals surface area contributed by atoms with E-state index in [1.165, 1.54) is 126 Å². The van der Waals surface area contributed by atoms with Gasteiger partial charge in [-0.3, -0.25) is 0 Å². The summed E-state index contributed by atoms with van der Waals surface area (Å²) >= 11 is 7.78. The van der Waals surface area contributed by atoms with Crippen LogP contribution in [-0.4, -0.2) is 24.2 Å². The van der Waals surface area contributed by atoms with Gasteiger partial charge in [0.05, 0.1) is 16.8 Å². The molecule has 0 aromatic heterocycles. The summed E-state index contributed by atoms with van der Waals surface area (Å²) in [5.74, 6) is 0. The van der Waals surface area contributed by atoms with Gasteiger partial charge >= 0.3 is 0 Å². The number of fused-ring (bicyclic) bond motifs is 5. The van der Waals surface area contributed by atoms with Crippen LogP contribution < -0.4 is 15.5 Å². The molecule has 0 aliphatic carbocycles. The zero-order chi connectivity index (χ0) is 30.5. The molecule has 3 aliphatic rings. The van der Waals surface area contributed by atoms with Crippen LogP contribution >= 0.6 is 31.9 Å². The Balaban J connectivity index is 1.39. The van der Waals surface area contributed by atoms with E-state index in [9.17, 15) is 0 Å². The number of hydrogen-bond donors (Lipinski definition) is 0. The van der Waals surface area contributed by atoms with Crippen molar-refractivity contribution in [3.63, 3.8) is 0 Å². The molecule has 0 spiro atoms. The third-order valence-corrected chi connectivity index (χ3v) is 10.8. The van der Waals surface area contributed by atoms with Gasteiger partial charge in [0.1, 0.15) is 6.17 Å². The van der Waals surface area contributed by atoms with Gasteiger partial charge < -0.3 is 9.80 Å². The van der Waals surface area contributed by atoms with Crippen molar-refractivity contribution >= 4 is 48.8 Å². The fourth-order valence-electron chi connectivity index (χ4n) is 7.31. The Hall–Kier alpha value is -2.37. The van der Waals surface area contributed by atoms with E-state index in [0.717, 1.165) is 29.3 Å². The highest BCUT2D eigenvalue weighted by Crippen LogP contribution is 2.53. The van der Waals surface area contributed by atoms with E-state index >= 15 is 0 Å². The van der Waals surface area contributed by atoms with E-state index in [0.29, 0.717) is 0 Å². The zero-order valence-corrected chi connectivity index (χ0v) is 29.7. The maximum Gasteiger partial charge on any atom is 0.131 e. The second kappa shape index (κ2) is 14.8. The Labute approximate surface area is 281 Å². The molecule has 3 aromatic rings. The molecule has 5 heteroatoms. The van der Waals surface area contributed by atoms with E-state index in [1.807, 2.05) is 0 Å². The first-order valence-corrected chi connectivity index (χ1v) is 18.7. The number of anilines is 1. The molecule has 6 rings (SSSR count). The summed E-state index contributed by atoms with van der Waals surface area (Å²) < 4.78 is 2.33.